The van der Waals surface area contributed by atoms with Crippen molar-refractivity contribution in [2.45, 2.75) is 25.7 Å². The van der Waals surface area contributed by atoms with Gasteiger partial charge in [0.1, 0.15) is 11.5 Å². The highest BCUT2D eigenvalue weighted by atomic mass is 19.1. The van der Waals surface area contributed by atoms with Crippen molar-refractivity contribution in [2.24, 2.45) is 0 Å². The van der Waals surface area contributed by atoms with Crippen molar-refractivity contribution < 1.29 is 18.7 Å². The van der Waals surface area contributed by atoms with Gasteiger partial charge in [0, 0.05) is 57.7 Å². The highest BCUT2D eigenvalue weighted by molar-refractivity contribution is 5.94. The highest BCUT2D eigenvalue weighted by Crippen LogP contribution is 2.29. The number of hydrogen-bond donors (Lipinski definition) is 1. The number of amides is 2. The van der Waals surface area contributed by atoms with Crippen LogP contribution in [0.2, 0.25) is 0 Å². The molecule has 0 atom stereocenters. The summed E-state index contributed by atoms with van der Waals surface area (Å²) in [5.74, 6) is -0.470. The number of hydrogen-bond acceptors (Lipinski definition) is 5. The van der Waals surface area contributed by atoms with E-state index in [1.54, 1.807) is 34.9 Å². The zero-order chi connectivity index (χ0) is 22.5. The second-order valence-corrected chi connectivity index (χ2v) is 8.26. The van der Waals surface area contributed by atoms with E-state index in [1.165, 1.54) is 6.07 Å². The molecule has 2 amide bonds. The van der Waals surface area contributed by atoms with Gasteiger partial charge in [-0.1, -0.05) is 12.1 Å². The van der Waals surface area contributed by atoms with E-state index in [0.717, 1.165) is 36.9 Å². The van der Waals surface area contributed by atoms with Crippen LogP contribution >= 0.6 is 0 Å². The molecule has 1 aliphatic heterocycles. The molecule has 2 aromatic rings. The summed E-state index contributed by atoms with van der Waals surface area (Å²) < 4.78 is 21.0. The number of halogens is 1. The predicted octanol–water partition coefficient (Wildman–Crippen LogP) is 1.41. The lowest BCUT2D eigenvalue weighted by Gasteiger charge is -2.34. The van der Waals surface area contributed by atoms with Crippen molar-refractivity contribution in [2.75, 3.05) is 53.0 Å². The fourth-order valence-corrected chi connectivity index (χ4v) is 4.39. The minimum Gasteiger partial charge on any atom is -0.385 e. The van der Waals surface area contributed by atoms with E-state index in [9.17, 15) is 14.0 Å². The molecule has 1 aromatic carbocycles. The Morgan fingerprint density at radius 1 is 1.16 bits per heavy atom. The lowest BCUT2D eigenvalue weighted by molar-refractivity contribution is -0.122. The van der Waals surface area contributed by atoms with Crippen LogP contribution < -0.4 is 5.32 Å². The molecule has 32 heavy (non-hydrogen) atoms. The first kappa shape index (κ1) is 22.4. The number of para-hydroxylation sites is 1. The number of ether oxygens (including phenoxy) is 1. The van der Waals surface area contributed by atoms with Crippen LogP contribution in [0, 0.1) is 5.82 Å². The summed E-state index contributed by atoms with van der Waals surface area (Å²) in [6.45, 7) is 3.89. The highest BCUT2D eigenvalue weighted by Gasteiger charge is 2.31. The molecule has 1 aliphatic carbocycles. The summed E-state index contributed by atoms with van der Waals surface area (Å²) in [5, 5.41) is 7.44. The Morgan fingerprint density at radius 3 is 2.69 bits per heavy atom. The third-order valence-corrected chi connectivity index (χ3v) is 6.09. The van der Waals surface area contributed by atoms with E-state index in [-0.39, 0.29) is 17.6 Å². The fourth-order valence-electron chi connectivity index (χ4n) is 4.39. The number of carbonyl (C=O) groups is 2. The maximum Gasteiger partial charge on any atom is 0.274 e. The Morgan fingerprint density at radius 2 is 1.94 bits per heavy atom. The van der Waals surface area contributed by atoms with Gasteiger partial charge in [0.25, 0.3) is 5.91 Å². The minimum atomic E-state index is -0.349. The average molecular weight is 444 g/mol. The van der Waals surface area contributed by atoms with Crippen molar-refractivity contribution in [3.05, 3.63) is 47.0 Å². The molecule has 1 saturated heterocycles. The molecule has 2 heterocycles. The van der Waals surface area contributed by atoms with Crippen LogP contribution in [0.4, 0.5) is 4.39 Å². The summed E-state index contributed by atoms with van der Waals surface area (Å²) in [6.07, 6.45) is 3.30. The number of fused-ring (bicyclic) bond motifs is 1. The molecule has 0 radical (unpaired) electrons. The topological polar surface area (TPSA) is 79.7 Å². The van der Waals surface area contributed by atoms with Crippen LogP contribution in [0.5, 0.6) is 0 Å². The zero-order valence-corrected chi connectivity index (χ0v) is 18.5. The van der Waals surface area contributed by atoms with Crippen LogP contribution in [-0.4, -0.2) is 84.4 Å². The van der Waals surface area contributed by atoms with Crippen LogP contribution in [0.1, 0.15) is 34.6 Å². The van der Waals surface area contributed by atoms with Gasteiger partial charge in [-0.2, -0.15) is 5.10 Å². The van der Waals surface area contributed by atoms with Gasteiger partial charge in [0.15, 0.2) is 5.69 Å². The molecule has 0 bridgehead atoms. The lowest BCUT2D eigenvalue weighted by Crippen LogP contribution is -2.51. The Balaban J connectivity index is 1.38. The van der Waals surface area contributed by atoms with Crippen LogP contribution in [0.3, 0.4) is 0 Å². The number of nitrogens with zero attached hydrogens (tertiary/aromatic N) is 4. The average Bonchev–Trinajstić information content (AvgIpc) is 3.40. The van der Waals surface area contributed by atoms with E-state index in [4.69, 9.17) is 4.74 Å². The number of carbonyl (C=O) groups excluding carboxylic acids is 2. The maximum atomic E-state index is 14.4. The molecular formula is C23H30FN5O3. The molecule has 2 aliphatic rings. The first-order chi connectivity index (χ1) is 15.6. The largest absolute Gasteiger partial charge is 0.385 e. The first-order valence-corrected chi connectivity index (χ1v) is 11.2. The first-order valence-electron chi connectivity index (χ1n) is 11.2. The quantitative estimate of drug-likeness (QED) is 0.624. The SMILES string of the molecule is COCCCNC(=O)CN1CCN(C(=O)c2nn(-c3ccccc3F)c3c2CCC3)CC1. The summed E-state index contributed by atoms with van der Waals surface area (Å²) >= 11 is 0. The van der Waals surface area contributed by atoms with E-state index >= 15 is 0 Å². The molecule has 0 unspecified atom stereocenters. The molecule has 4 rings (SSSR count). The zero-order valence-electron chi connectivity index (χ0n) is 18.5. The molecule has 1 N–H and O–H groups in total. The maximum absolute atomic E-state index is 14.4. The summed E-state index contributed by atoms with van der Waals surface area (Å²) in [7, 11) is 1.64. The van der Waals surface area contributed by atoms with E-state index in [2.05, 4.69) is 15.3 Å². The molecule has 8 nitrogen and oxygen atoms in total. The number of aromatic nitrogens is 2. The molecule has 172 valence electrons. The number of piperazine rings is 1. The Kier molecular flexibility index (Phi) is 7.16. The molecule has 1 fully saturated rings. The number of rotatable bonds is 8. The van der Waals surface area contributed by atoms with Crippen LogP contribution in [0.15, 0.2) is 24.3 Å². The number of nitrogens with one attached hydrogen (secondary N) is 1. The summed E-state index contributed by atoms with van der Waals surface area (Å²) in [5.41, 5.74) is 2.69. The predicted molar refractivity (Wildman–Crippen MR) is 117 cm³/mol. The second kappa shape index (κ2) is 10.2. The Bertz CT molecular complexity index is 969. The molecular weight excluding hydrogens is 413 g/mol. The van der Waals surface area contributed by atoms with Gasteiger partial charge in [0.05, 0.1) is 6.54 Å². The van der Waals surface area contributed by atoms with E-state index < -0.39 is 0 Å². The van der Waals surface area contributed by atoms with Crippen molar-refractivity contribution in [3.63, 3.8) is 0 Å². The third kappa shape index (κ3) is 4.83. The van der Waals surface area contributed by atoms with Gasteiger partial charge in [-0.25, -0.2) is 9.07 Å². The van der Waals surface area contributed by atoms with Crippen molar-refractivity contribution >= 4 is 11.8 Å². The minimum absolute atomic E-state index is 0.0117. The van der Waals surface area contributed by atoms with Crippen molar-refractivity contribution in [3.8, 4) is 5.69 Å². The van der Waals surface area contributed by atoms with Gasteiger partial charge < -0.3 is 15.0 Å². The van der Waals surface area contributed by atoms with Gasteiger partial charge >= 0.3 is 0 Å². The van der Waals surface area contributed by atoms with Gasteiger partial charge in [-0.15, -0.1) is 0 Å². The summed E-state index contributed by atoms with van der Waals surface area (Å²) in [6, 6.07) is 6.52. The normalized spacial score (nSPS) is 16.2. The van der Waals surface area contributed by atoms with Crippen molar-refractivity contribution in [1.82, 2.24) is 24.9 Å². The molecule has 0 saturated carbocycles. The van der Waals surface area contributed by atoms with E-state index in [0.29, 0.717) is 57.3 Å². The van der Waals surface area contributed by atoms with Gasteiger partial charge in [0.2, 0.25) is 5.91 Å². The number of benzene rings is 1. The Hall–Kier alpha value is -2.78. The molecule has 1 aromatic heterocycles. The third-order valence-electron chi connectivity index (χ3n) is 6.09. The number of methoxy groups -OCH3 is 1. The monoisotopic (exact) mass is 443 g/mol. The summed E-state index contributed by atoms with van der Waals surface area (Å²) in [4.78, 5) is 29.2. The molecule has 9 heteroatoms. The second-order valence-electron chi connectivity index (χ2n) is 8.26. The smallest absolute Gasteiger partial charge is 0.274 e. The van der Waals surface area contributed by atoms with Crippen LogP contribution in [-0.2, 0) is 22.4 Å². The van der Waals surface area contributed by atoms with Crippen molar-refractivity contribution in [1.29, 1.82) is 0 Å². The van der Waals surface area contributed by atoms with Crippen LogP contribution in [0.25, 0.3) is 5.69 Å². The fraction of sp³-hybridized carbons (Fsp3) is 0.522. The van der Waals surface area contributed by atoms with E-state index in [1.807, 2.05) is 0 Å². The lowest BCUT2D eigenvalue weighted by atomic mass is 10.1. The molecule has 0 spiro atoms. The Labute approximate surface area is 187 Å². The van der Waals surface area contributed by atoms with Gasteiger partial charge in [-0.3, -0.25) is 14.5 Å². The standard InChI is InChI=1S/C23H30FN5O3/c1-32-15-5-10-25-21(30)16-27-11-13-28(14-12-27)23(31)22-17-6-4-9-19(17)29(26-22)20-8-3-2-7-18(20)24/h2-3,7-8H,4-6,9-16H2,1H3,(H,25,30). The van der Waals surface area contributed by atoms with Gasteiger partial charge in [-0.05, 0) is 37.8 Å².